The molecule has 0 aliphatic carbocycles. The first-order valence-corrected chi connectivity index (χ1v) is 3.87. The maximum absolute atomic E-state index is 11.1. The first-order valence-electron chi connectivity index (χ1n) is 3.87. The Morgan fingerprint density at radius 3 is 2.46 bits per heavy atom. The standard InChI is InChI=1S/C9H9NO2.Li.H/c11-9-10(6-7-12-9)8-4-2-1-3-5-8;;/h1-5H,6-7H2;;. The summed E-state index contributed by atoms with van der Waals surface area (Å²) in [4.78, 5) is 12.7. The minimum atomic E-state index is -0.249. The van der Waals surface area contributed by atoms with Gasteiger partial charge in [0.05, 0.1) is 6.54 Å². The summed E-state index contributed by atoms with van der Waals surface area (Å²) in [5.41, 5.74) is 0.903. The summed E-state index contributed by atoms with van der Waals surface area (Å²) in [5, 5.41) is 0. The Morgan fingerprint density at radius 2 is 1.92 bits per heavy atom. The van der Waals surface area contributed by atoms with Crippen LogP contribution < -0.4 is 4.90 Å². The number of carbonyl (C=O) groups is 1. The third kappa shape index (κ3) is 2.06. The van der Waals surface area contributed by atoms with Crippen LogP contribution in [0.1, 0.15) is 0 Å². The Balaban J connectivity index is 0.000000845. The van der Waals surface area contributed by atoms with Crippen molar-refractivity contribution in [2.24, 2.45) is 0 Å². The van der Waals surface area contributed by atoms with Crippen LogP contribution in [0.15, 0.2) is 30.3 Å². The molecule has 0 saturated carbocycles. The van der Waals surface area contributed by atoms with Crippen LogP contribution in [0.4, 0.5) is 10.5 Å². The zero-order valence-corrected chi connectivity index (χ0v) is 6.56. The Hall–Kier alpha value is -0.913. The number of ether oxygens (including phenoxy) is 1. The van der Waals surface area contributed by atoms with Crippen molar-refractivity contribution in [3.63, 3.8) is 0 Å². The quantitative estimate of drug-likeness (QED) is 0.590. The molecular weight excluding hydrogens is 161 g/mol. The van der Waals surface area contributed by atoms with Crippen LogP contribution in [0.5, 0.6) is 0 Å². The van der Waals surface area contributed by atoms with Gasteiger partial charge in [-0.3, -0.25) is 4.90 Å². The predicted octanol–water partition coefficient (Wildman–Crippen LogP) is 0.995. The van der Waals surface area contributed by atoms with Crippen molar-refractivity contribution in [2.45, 2.75) is 0 Å². The van der Waals surface area contributed by atoms with Crippen molar-refractivity contribution in [3.05, 3.63) is 30.3 Å². The second-order valence-corrected chi connectivity index (χ2v) is 2.60. The number of cyclic esters (lactones) is 1. The summed E-state index contributed by atoms with van der Waals surface area (Å²) >= 11 is 0. The maximum atomic E-state index is 11.1. The van der Waals surface area contributed by atoms with Gasteiger partial charge < -0.3 is 4.74 Å². The van der Waals surface area contributed by atoms with Crippen molar-refractivity contribution in [3.8, 4) is 0 Å². The van der Waals surface area contributed by atoms with Crippen LogP contribution in [0, 0.1) is 0 Å². The van der Waals surface area contributed by atoms with Gasteiger partial charge in [-0.2, -0.15) is 0 Å². The van der Waals surface area contributed by atoms with Gasteiger partial charge in [0.2, 0.25) is 0 Å². The zero-order chi connectivity index (χ0) is 8.39. The third-order valence-corrected chi connectivity index (χ3v) is 1.83. The molecule has 2 rings (SSSR count). The molecule has 1 aliphatic rings. The number of hydrogen-bond donors (Lipinski definition) is 0. The fraction of sp³-hybridized carbons (Fsp3) is 0.222. The SMILES string of the molecule is O=C1OCCN1c1ccccc1.[LiH]. The molecule has 13 heavy (non-hydrogen) atoms. The molecule has 0 N–H and O–H groups in total. The molecule has 1 fully saturated rings. The van der Waals surface area contributed by atoms with E-state index in [4.69, 9.17) is 4.74 Å². The van der Waals surface area contributed by atoms with E-state index in [1.54, 1.807) is 4.90 Å². The van der Waals surface area contributed by atoms with E-state index in [2.05, 4.69) is 0 Å². The first-order chi connectivity index (χ1) is 5.88. The van der Waals surface area contributed by atoms with Gasteiger partial charge in [0, 0.05) is 5.69 Å². The predicted molar refractivity (Wildman–Crippen MR) is 52.3 cm³/mol. The zero-order valence-electron chi connectivity index (χ0n) is 6.56. The van der Waals surface area contributed by atoms with Crippen LogP contribution in [-0.2, 0) is 4.74 Å². The fourth-order valence-electron chi connectivity index (χ4n) is 1.24. The molecule has 0 spiro atoms. The van der Waals surface area contributed by atoms with Gasteiger partial charge in [-0.25, -0.2) is 4.79 Å². The Bertz CT molecular complexity index is 289. The van der Waals surface area contributed by atoms with Crippen molar-refractivity contribution < 1.29 is 9.53 Å². The van der Waals surface area contributed by atoms with E-state index in [1.807, 2.05) is 30.3 Å². The molecule has 1 amide bonds. The van der Waals surface area contributed by atoms with Gasteiger partial charge in [0.1, 0.15) is 6.61 Å². The second-order valence-electron chi connectivity index (χ2n) is 2.60. The third-order valence-electron chi connectivity index (χ3n) is 1.83. The van der Waals surface area contributed by atoms with E-state index in [0.717, 1.165) is 5.69 Å². The van der Waals surface area contributed by atoms with Crippen LogP contribution in [0.25, 0.3) is 0 Å². The molecule has 0 aromatic heterocycles. The minimum absolute atomic E-state index is 0. The molecule has 3 nitrogen and oxygen atoms in total. The number of nitrogens with zero attached hydrogens (tertiary/aromatic N) is 1. The van der Waals surface area contributed by atoms with Gasteiger partial charge in [-0.15, -0.1) is 0 Å². The average Bonchev–Trinajstić information content (AvgIpc) is 2.53. The number of anilines is 1. The number of rotatable bonds is 1. The number of carbonyl (C=O) groups excluding carboxylic acids is 1. The van der Waals surface area contributed by atoms with E-state index in [0.29, 0.717) is 13.2 Å². The topological polar surface area (TPSA) is 29.5 Å². The van der Waals surface area contributed by atoms with Crippen LogP contribution >= 0.6 is 0 Å². The number of para-hydroxylation sites is 1. The summed E-state index contributed by atoms with van der Waals surface area (Å²) in [6.07, 6.45) is -0.249. The molecular formula is C9H10LiNO2. The Kier molecular flexibility index (Phi) is 3.41. The summed E-state index contributed by atoms with van der Waals surface area (Å²) in [5.74, 6) is 0. The molecule has 1 aliphatic heterocycles. The van der Waals surface area contributed by atoms with Crippen LogP contribution in [0.3, 0.4) is 0 Å². The average molecular weight is 171 g/mol. The van der Waals surface area contributed by atoms with Gasteiger partial charge in [0.25, 0.3) is 0 Å². The van der Waals surface area contributed by atoms with E-state index in [-0.39, 0.29) is 25.0 Å². The van der Waals surface area contributed by atoms with E-state index >= 15 is 0 Å². The number of hydrogen-bond acceptors (Lipinski definition) is 2. The Morgan fingerprint density at radius 1 is 1.23 bits per heavy atom. The normalized spacial score (nSPS) is 15.1. The molecule has 0 atom stereocenters. The molecule has 0 bridgehead atoms. The number of amides is 1. The van der Waals surface area contributed by atoms with Gasteiger partial charge in [-0.1, -0.05) is 18.2 Å². The molecule has 64 valence electrons. The van der Waals surface area contributed by atoms with E-state index in [9.17, 15) is 4.79 Å². The first kappa shape index (κ1) is 10.2. The summed E-state index contributed by atoms with van der Waals surface area (Å²) in [6, 6.07) is 9.52. The Labute approximate surface area is 88.9 Å². The molecule has 1 aromatic carbocycles. The molecule has 1 heterocycles. The molecule has 4 heteroatoms. The van der Waals surface area contributed by atoms with Crippen molar-refractivity contribution >= 4 is 30.6 Å². The monoisotopic (exact) mass is 171 g/mol. The second kappa shape index (κ2) is 4.36. The van der Waals surface area contributed by atoms with Crippen LogP contribution in [-0.4, -0.2) is 38.1 Å². The van der Waals surface area contributed by atoms with Gasteiger partial charge in [0.15, 0.2) is 0 Å². The molecule has 1 saturated heterocycles. The fourth-order valence-corrected chi connectivity index (χ4v) is 1.24. The summed E-state index contributed by atoms with van der Waals surface area (Å²) in [6.45, 7) is 1.15. The summed E-state index contributed by atoms with van der Waals surface area (Å²) in [7, 11) is 0. The summed E-state index contributed by atoms with van der Waals surface area (Å²) < 4.78 is 4.81. The van der Waals surface area contributed by atoms with E-state index in [1.165, 1.54) is 0 Å². The molecule has 0 unspecified atom stereocenters. The van der Waals surface area contributed by atoms with Crippen molar-refractivity contribution in [1.29, 1.82) is 0 Å². The van der Waals surface area contributed by atoms with Crippen molar-refractivity contribution in [2.75, 3.05) is 18.1 Å². The van der Waals surface area contributed by atoms with Gasteiger partial charge >= 0.3 is 25.0 Å². The van der Waals surface area contributed by atoms with Crippen molar-refractivity contribution in [1.82, 2.24) is 0 Å². The van der Waals surface area contributed by atoms with Gasteiger partial charge in [-0.05, 0) is 12.1 Å². The number of benzene rings is 1. The molecule has 1 aromatic rings. The molecule has 0 radical (unpaired) electrons. The van der Waals surface area contributed by atoms with E-state index < -0.39 is 0 Å². The van der Waals surface area contributed by atoms with Crippen LogP contribution in [0.2, 0.25) is 0 Å².